The predicted octanol–water partition coefficient (Wildman–Crippen LogP) is 12.6. The minimum atomic E-state index is -1.09. The third-order valence-corrected chi connectivity index (χ3v) is 22.3. The lowest BCUT2D eigenvalue weighted by atomic mass is 9.44. The molecule has 6 aliphatic heterocycles. The van der Waals surface area contributed by atoms with Crippen LogP contribution in [0.4, 0.5) is 0 Å². The fraction of sp³-hybridized carbons (Fsp3) is 0.526. The van der Waals surface area contributed by atoms with Crippen molar-refractivity contribution in [3.8, 4) is 28.7 Å². The Morgan fingerprint density at radius 1 is 0.851 bits per heavy atom. The number of nitrogens with one attached hydrogen (secondary N) is 4. The Morgan fingerprint density at radius 3 is 2.54 bits per heavy atom. The maximum Gasteiger partial charge on any atom is 0.340 e. The summed E-state index contributed by atoms with van der Waals surface area (Å²) in [7, 11) is 0. The summed E-state index contributed by atoms with van der Waals surface area (Å²) in [6, 6.07) is 33.9. The van der Waals surface area contributed by atoms with Gasteiger partial charge >= 0.3 is 11.9 Å². The van der Waals surface area contributed by atoms with Crippen molar-refractivity contribution in [2.24, 2.45) is 64.1 Å². The van der Waals surface area contributed by atoms with Gasteiger partial charge in [0.1, 0.15) is 17.3 Å². The molecule has 4 aromatic carbocycles. The fourth-order valence-electron chi connectivity index (χ4n) is 18.2. The molecule has 4 aromatic rings. The number of aromatic hydroxyl groups is 1. The van der Waals surface area contributed by atoms with Crippen LogP contribution in [0.2, 0.25) is 0 Å². The third-order valence-electron chi connectivity index (χ3n) is 22.3. The number of esters is 2. The number of phenolic OH excluding ortho intramolecular Hbond substituents is 1. The summed E-state index contributed by atoms with van der Waals surface area (Å²) >= 11 is 0. The van der Waals surface area contributed by atoms with Gasteiger partial charge in [-0.2, -0.15) is 0 Å². The second kappa shape index (κ2) is 25.1. The van der Waals surface area contributed by atoms with E-state index in [1.54, 1.807) is 6.07 Å². The van der Waals surface area contributed by atoms with E-state index in [0.717, 1.165) is 136 Å². The van der Waals surface area contributed by atoms with Crippen LogP contribution in [0.25, 0.3) is 16.7 Å². The SMILES string of the molecule is CC[C@H](/C=C1\OC(=O)C2=C3c4cc(O)ccc4-c4cccc(c4)CNCCc4cccc(c4)[C@H]4NC[C@](C)(O)CC#C[C@@H](CO)C[C@H]5C[C@@]([C@@H]6CCN[C@H](NCCCC(C)C)C6)(CC=C6OC(=O)C7=C6CC[C@H]6[C@H]3CC[C@@]21[C@@H]76)C[C@@H]54)Cc1ccccc1. The van der Waals surface area contributed by atoms with Crippen molar-refractivity contribution in [1.82, 2.24) is 21.3 Å². The number of cyclic esters (lactones) is 1. The van der Waals surface area contributed by atoms with E-state index < -0.39 is 11.0 Å². The van der Waals surface area contributed by atoms with E-state index >= 15 is 9.59 Å². The minimum Gasteiger partial charge on any atom is -0.508 e. The van der Waals surface area contributed by atoms with Crippen LogP contribution in [0.5, 0.6) is 5.75 Å². The number of β-amino-alcohol motifs (C(OH)–C–C–N with tert-alkyl or cyclic N) is 1. The number of ether oxygens (including phenoxy) is 2. The van der Waals surface area contributed by atoms with Crippen LogP contribution >= 0.6 is 0 Å². The van der Waals surface area contributed by atoms with Gasteiger partial charge in [-0.1, -0.05) is 111 Å². The molecule has 7 N–H and O–H groups in total. The summed E-state index contributed by atoms with van der Waals surface area (Å²) in [6.45, 7) is 12.3. The van der Waals surface area contributed by atoms with Crippen molar-refractivity contribution in [1.29, 1.82) is 0 Å². The van der Waals surface area contributed by atoms with Gasteiger partial charge in [-0.05, 0) is 245 Å². The molecule has 6 heterocycles. The van der Waals surface area contributed by atoms with Crippen molar-refractivity contribution < 1.29 is 34.4 Å². The van der Waals surface area contributed by atoms with Crippen LogP contribution in [0.3, 0.4) is 0 Å². The van der Waals surface area contributed by atoms with Gasteiger partial charge in [-0.3, -0.25) is 0 Å². The van der Waals surface area contributed by atoms with Crippen molar-refractivity contribution in [2.75, 3.05) is 32.8 Å². The molecule has 5 aliphatic carbocycles. The molecule has 2 saturated heterocycles. The van der Waals surface area contributed by atoms with Crippen LogP contribution in [-0.2, 0) is 38.4 Å². The Bertz CT molecular complexity index is 3440. The van der Waals surface area contributed by atoms with Gasteiger partial charge in [0, 0.05) is 48.5 Å². The number of carbonyl (C=O) groups is 2. The number of hydrogen-bond acceptors (Lipinski definition) is 11. The number of aliphatic hydroxyl groups excluding tert-OH is 1. The molecule has 15 rings (SSSR count). The summed E-state index contributed by atoms with van der Waals surface area (Å²) < 4.78 is 13.6. The molecule has 14 bridgehead atoms. The molecule has 4 fully saturated rings. The Labute approximate surface area is 516 Å². The van der Waals surface area contributed by atoms with Gasteiger partial charge < -0.3 is 46.1 Å². The lowest BCUT2D eigenvalue weighted by molar-refractivity contribution is -0.135. The van der Waals surface area contributed by atoms with E-state index in [2.05, 4.69) is 139 Å². The van der Waals surface area contributed by atoms with E-state index in [1.165, 1.54) is 23.1 Å². The minimum absolute atomic E-state index is 0.00960. The van der Waals surface area contributed by atoms with Gasteiger partial charge in [-0.25, -0.2) is 9.59 Å². The van der Waals surface area contributed by atoms with Gasteiger partial charge in [0.2, 0.25) is 0 Å². The Balaban J connectivity index is 0.979. The van der Waals surface area contributed by atoms with Crippen molar-refractivity contribution in [3.05, 3.63) is 165 Å². The monoisotopic (exact) mass is 1170 g/mol. The van der Waals surface area contributed by atoms with Gasteiger partial charge in [-0.15, -0.1) is 0 Å². The van der Waals surface area contributed by atoms with Crippen LogP contribution in [0.1, 0.15) is 151 Å². The summed E-state index contributed by atoms with van der Waals surface area (Å²) in [6.07, 6.45) is 18.1. The Kier molecular flexibility index (Phi) is 17.2. The molecule has 13 atom stereocenters. The first-order valence-electron chi connectivity index (χ1n) is 33.4. The molecule has 0 unspecified atom stereocenters. The molecule has 87 heavy (non-hydrogen) atoms. The molecule has 0 aromatic heterocycles. The number of hydrogen-bond donors (Lipinski definition) is 7. The maximum atomic E-state index is 15.5. The number of benzene rings is 4. The first kappa shape index (κ1) is 59.8. The van der Waals surface area contributed by atoms with Gasteiger partial charge in [0.05, 0.1) is 29.4 Å². The molecule has 11 heteroatoms. The standard InChI is InChI=1S/C76H92N4O7/c1-5-48(35-49-14-7-6-8-15-49)39-65-76-31-25-59-60-23-24-61-64(86-72(83)68(61)69(60)76)26-30-75(56-28-34-79-66(40-56)78-32-12-13-47(2)3)42-55-38-52(45-81)18-11-29-74(4,85)46-80-71(63(55)43-75)54-20-9-16-50(36-54)27-33-77-44-51-17-10-19-53(37-51)58-22-21-57(82)41-62(58)67(59)70(76)73(84)87-65/h6-10,14-17,19-22,26,36-37,39,41,47-48,52,55-56,59-60,63,66,69,71,77-82,85H,5,12-13,23-25,27-35,38,40,42-46H2,1-4H3/b64-26?,65-39-/t48-,52+,55-,56+,59+,60-,63-,66-,69+,71+,74+,75-,76+/m0/s1. The topological polar surface area (TPSA) is 161 Å². The van der Waals surface area contributed by atoms with Crippen molar-refractivity contribution >= 4 is 17.5 Å². The average molecular weight is 1170 g/mol. The van der Waals surface area contributed by atoms with Crippen LogP contribution < -0.4 is 21.3 Å². The second-order valence-electron chi connectivity index (χ2n) is 28.4. The lowest BCUT2D eigenvalue weighted by Crippen LogP contribution is -2.52. The summed E-state index contributed by atoms with van der Waals surface area (Å²) in [5.74, 6) is 8.39. The summed E-state index contributed by atoms with van der Waals surface area (Å²) in [4.78, 5) is 30.9. The highest BCUT2D eigenvalue weighted by Crippen LogP contribution is 2.72. The average Bonchev–Trinajstić information content (AvgIpc) is 1.61. The zero-order valence-corrected chi connectivity index (χ0v) is 51.8. The first-order valence-corrected chi connectivity index (χ1v) is 33.4. The van der Waals surface area contributed by atoms with Gasteiger partial charge in [0.15, 0.2) is 0 Å². The Morgan fingerprint density at radius 2 is 1.70 bits per heavy atom. The zero-order valence-electron chi connectivity index (χ0n) is 51.8. The van der Waals surface area contributed by atoms with E-state index in [-0.39, 0.29) is 83.3 Å². The van der Waals surface area contributed by atoms with E-state index in [9.17, 15) is 15.3 Å². The number of carbonyl (C=O) groups excluding carboxylic acids is 2. The fourth-order valence-corrected chi connectivity index (χ4v) is 18.2. The lowest BCUT2D eigenvalue weighted by Gasteiger charge is -2.56. The zero-order chi connectivity index (χ0) is 60.0. The molecule has 1 spiro atoms. The summed E-state index contributed by atoms with van der Waals surface area (Å²) in [5, 5.41) is 50.3. The van der Waals surface area contributed by atoms with Gasteiger partial charge in [0.25, 0.3) is 0 Å². The number of allylic oxidation sites excluding steroid dienone is 5. The molecular formula is C76H92N4O7. The van der Waals surface area contributed by atoms with Crippen molar-refractivity contribution in [2.45, 2.75) is 155 Å². The largest absolute Gasteiger partial charge is 0.508 e. The van der Waals surface area contributed by atoms with Crippen molar-refractivity contribution in [3.63, 3.8) is 0 Å². The predicted molar refractivity (Wildman–Crippen MR) is 342 cm³/mol. The first-order chi connectivity index (χ1) is 42.2. The molecule has 2 saturated carbocycles. The normalized spacial score (nSPS) is 33.0. The number of fused-ring (bicyclic) bond motifs is 5. The molecule has 0 radical (unpaired) electrons. The Hall–Kier alpha value is -6.10. The number of aliphatic hydroxyl groups is 2. The van der Waals surface area contributed by atoms with E-state index in [1.807, 2.05) is 25.1 Å². The van der Waals surface area contributed by atoms with Crippen LogP contribution in [-0.4, -0.2) is 71.8 Å². The molecule has 11 aliphatic rings. The third kappa shape index (κ3) is 11.8. The second-order valence-corrected chi connectivity index (χ2v) is 28.4. The molecular weight excluding hydrogens is 1080 g/mol. The molecule has 458 valence electrons. The van der Waals surface area contributed by atoms with E-state index in [0.29, 0.717) is 61.3 Å². The number of piperidine rings is 1. The van der Waals surface area contributed by atoms with Crippen LogP contribution in [0.15, 0.2) is 137 Å². The van der Waals surface area contributed by atoms with Crippen LogP contribution in [0, 0.1) is 75.9 Å². The number of rotatable bonds is 11. The highest BCUT2D eigenvalue weighted by atomic mass is 16.6. The smallest absolute Gasteiger partial charge is 0.340 e. The maximum absolute atomic E-state index is 15.5. The molecule has 0 amide bonds. The highest BCUT2D eigenvalue weighted by molar-refractivity contribution is 6.07. The number of phenols is 1. The highest BCUT2D eigenvalue weighted by Gasteiger charge is 2.69. The summed E-state index contributed by atoms with van der Waals surface area (Å²) in [5.41, 5.74) is 8.73. The van der Waals surface area contributed by atoms with E-state index in [4.69, 9.17) is 9.47 Å². The molecule has 11 nitrogen and oxygen atoms in total. The quantitative estimate of drug-likeness (QED) is 0.0435.